The highest BCUT2D eigenvalue weighted by molar-refractivity contribution is 7.13. The molecule has 2 aromatic heterocycles. The molecule has 0 bridgehead atoms. The average molecular weight is 398 g/mol. The van der Waals surface area contributed by atoms with Crippen LogP contribution in [0.25, 0.3) is 10.6 Å². The monoisotopic (exact) mass is 397 g/mol. The van der Waals surface area contributed by atoms with E-state index >= 15 is 0 Å². The minimum Gasteiger partial charge on any atom is -0.465 e. The maximum Gasteiger partial charge on any atom is 0.270 e. The summed E-state index contributed by atoms with van der Waals surface area (Å²) in [5.74, 6) is 1.56. The number of nitrogens with one attached hydrogen (secondary N) is 1. The summed E-state index contributed by atoms with van der Waals surface area (Å²) in [7, 11) is 0. The van der Waals surface area contributed by atoms with Crippen LogP contribution in [-0.4, -0.2) is 48.6 Å². The Balaban J connectivity index is 1.45. The second kappa shape index (κ2) is 8.68. The lowest BCUT2D eigenvalue weighted by Crippen LogP contribution is -2.43. The van der Waals surface area contributed by atoms with Crippen molar-refractivity contribution < 1.29 is 13.9 Å². The predicted molar refractivity (Wildman–Crippen MR) is 108 cm³/mol. The van der Waals surface area contributed by atoms with Gasteiger partial charge < -0.3 is 14.5 Å². The van der Waals surface area contributed by atoms with Crippen LogP contribution in [-0.2, 0) is 4.74 Å². The normalized spacial score (nSPS) is 16.0. The maximum absolute atomic E-state index is 12.7. The van der Waals surface area contributed by atoms with Gasteiger partial charge in [0, 0.05) is 30.6 Å². The number of nitrogens with zero attached hydrogens (tertiary/aromatic N) is 2. The van der Waals surface area contributed by atoms with Gasteiger partial charge in [-0.05, 0) is 19.1 Å². The summed E-state index contributed by atoms with van der Waals surface area (Å²) >= 11 is 1.48. The van der Waals surface area contributed by atoms with E-state index in [0.29, 0.717) is 25.5 Å². The quantitative estimate of drug-likeness (QED) is 0.689. The fourth-order valence-electron chi connectivity index (χ4n) is 3.30. The first-order chi connectivity index (χ1) is 13.7. The number of thiazole rings is 1. The highest BCUT2D eigenvalue weighted by atomic mass is 32.1. The highest BCUT2D eigenvalue weighted by Gasteiger charge is 2.26. The van der Waals surface area contributed by atoms with Gasteiger partial charge >= 0.3 is 0 Å². The third-order valence-electron chi connectivity index (χ3n) is 4.79. The lowest BCUT2D eigenvalue weighted by atomic mass is 10.1. The minimum absolute atomic E-state index is 0.0196. The Kier molecular flexibility index (Phi) is 5.85. The van der Waals surface area contributed by atoms with Crippen LogP contribution in [0.4, 0.5) is 0 Å². The van der Waals surface area contributed by atoms with E-state index in [1.54, 1.807) is 5.38 Å². The fraction of sp³-hybridized carbons (Fsp3) is 0.333. The van der Waals surface area contributed by atoms with Crippen LogP contribution >= 0.6 is 11.3 Å². The molecule has 1 aromatic carbocycles. The van der Waals surface area contributed by atoms with Gasteiger partial charge in [0.1, 0.15) is 22.2 Å². The number of morpholine rings is 1. The van der Waals surface area contributed by atoms with Gasteiger partial charge in [-0.25, -0.2) is 4.98 Å². The maximum atomic E-state index is 12.7. The SMILES string of the molecule is Cc1ccc(C(CNC(=O)c2csc(-c3ccccc3)n2)N2CCOCC2)o1. The number of hydrogen-bond acceptors (Lipinski definition) is 6. The average Bonchev–Trinajstić information content (AvgIpc) is 3.39. The van der Waals surface area contributed by atoms with Crippen molar-refractivity contribution in [2.75, 3.05) is 32.8 Å². The zero-order chi connectivity index (χ0) is 19.3. The van der Waals surface area contributed by atoms with E-state index in [1.165, 1.54) is 11.3 Å². The van der Waals surface area contributed by atoms with Crippen molar-refractivity contribution in [3.8, 4) is 10.6 Å². The molecular weight excluding hydrogens is 374 g/mol. The van der Waals surface area contributed by atoms with Crippen molar-refractivity contribution in [1.82, 2.24) is 15.2 Å². The number of ether oxygens (including phenoxy) is 1. The van der Waals surface area contributed by atoms with Crippen LogP contribution in [0.3, 0.4) is 0 Å². The topological polar surface area (TPSA) is 67.6 Å². The van der Waals surface area contributed by atoms with Crippen molar-refractivity contribution in [3.05, 3.63) is 65.1 Å². The molecule has 1 unspecified atom stereocenters. The Morgan fingerprint density at radius 3 is 2.71 bits per heavy atom. The molecule has 1 fully saturated rings. The number of carbonyl (C=O) groups excluding carboxylic acids is 1. The van der Waals surface area contributed by atoms with Gasteiger partial charge in [-0.2, -0.15) is 0 Å². The summed E-state index contributed by atoms with van der Waals surface area (Å²) in [6, 6.07) is 13.8. The number of hydrogen-bond donors (Lipinski definition) is 1. The third kappa shape index (κ3) is 4.32. The van der Waals surface area contributed by atoms with Crippen molar-refractivity contribution in [3.63, 3.8) is 0 Å². The molecule has 0 aliphatic carbocycles. The van der Waals surface area contributed by atoms with Crippen LogP contribution in [0.2, 0.25) is 0 Å². The van der Waals surface area contributed by atoms with Crippen molar-refractivity contribution in [2.24, 2.45) is 0 Å². The van der Waals surface area contributed by atoms with Crippen LogP contribution < -0.4 is 5.32 Å². The summed E-state index contributed by atoms with van der Waals surface area (Å²) in [4.78, 5) is 19.5. The Hall–Kier alpha value is -2.48. The van der Waals surface area contributed by atoms with Gasteiger partial charge in [0.15, 0.2) is 0 Å². The summed E-state index contributed by atoms with van der Waals surface area (Å²) in [5, 5.41) is 5.68. The molecule has 0 spiro atoms. The molecule has 4 rings (SSSR count). The molecule has 6 nitrogen and oxygen atoms in total. The summed E-state index contributed by atoms with van der Waals surface area (Å²) < 4.78 is 11.3. The number of aryl methyl sites for hydroxylation is 1. The second-order valence-electron chi connectivity index (χ2n) is 6.73. The Labute approximate surface area is 168 Å². The molecule has 7 heteroatoms. The summed E-state index contributed by atoms with van der Waals surface area (Å²) in [6.45, 7) is 5.40. The summed E-state index contributed by atoms with van der Waals surface area (Å²) in [6.07, 6.45) is 0. The molecule has 3 aromatic rings. The number of benzene rings is 1. The minimum atomic E-state index is -0.167. The standard InChI is InChI=1S/C21H23N3O3S/c1-15-7-8-19(27-15)18(24-9-11-26-12-10-24)13-22-20(25)17-14-28-21(23-17)16-5-3-2-4-6-16/h2-8,14,18H,9-13H2,1H3,(H,22,25). The largest absolute Gasteiger partial charge is 0.465 e. The number of aromatic nitrogens is 1. The molecule has 0 radical (unpaired) electrons. The van der Waals surface area contributed by atoms with Gasteiger partial charge in [-0.15, -0.1) is 11.3 Å². The zero-order valence-corrected chi connectivity index (χ0v) is 16.6. The molecule has 1 amide bonds. The molecule has 0 saturated carbocycles. The van der Waals surface area contributed by atoms with Crippen molar-refractivity contribution in [2.45, 2.75) is 13.0 Å². The molecule has 1 saturated heterocycles. The first-order valence-electron chi connectivity index (χ1n) is 9.38. The Bertz CT molecular complexity index is 916. The molecule has 28 heavy (non-hydrogen) atoms. The number of rotatable bonds is 6. The Morgan fingerprint density at radius 1 is 1.21 bits per heavy atom. The number of carbonyl (C=O) groups is 1. The molecule has 1 N–H and O–H groups in total. The molecule has 1 atom stereocenters. The number of furan rings is 1. The zero-order valence-electron chi connectivity index (χ0n) is 15.8. The van der Waals surface area contributed by atoms with Gasteiger partial charge in [-0.1, -0.05) is 30.3 Å². The lowest BCUT2D eigenvalue weighted by molar-refractivity contribution is 0.0117. The van der Waals surface area contributed by atoms with E-state index < -0.39 is 0 Å². The summed E-state index contributed by atoms with van der Waals surface area (Å²) in [5.41, 5.74) is 1.46. The van der Waals surface area contributed by atoms with Crippen molar-refractivity contribution in [1.29, 1.82) is 0 Å². The van der Waals surface area contributed by atoms with E-state index in [4.69, 9.17) is 9.15 Å². The molecule has 1 aliphatic heterocycles. The van der Waals surface area contributed by atoms with E-state index in [0.717, 1.165) is 35.2 Å². The van der Waals surface area contributed by atoms with E-state index in [9.17, 15) is 4.79 Å². The van der Waals surface area contributed by atoms with Gasteiger partial charge in [0.2, 0.25) is 0 Å². The van der Waals surface area contributed by atoms with Crippen LogP contribution in [0, 0.1) is 6.92 Å². The van der Waals surface area contributed by atoms with Gasteiger partial charge in [0.25, 0.3) is 5.91 Å². The van der Waals surface area contributed by atoms with Crippen LogP contribution in [0.5, 0.6) is 0 Å². The number of amides is 1. The highest BCUT2D eigenvalue weighted by Crippen LogP contribution is 2.25. The van der Waals surface area contributed by atoms with Crippen LogP contribution in [0.15, 0.2) is 52.3 Å². The van der Waals surface area contributed by atoms with E-state index in [-0.39, 0.29) is 11.9 Å². The van der Waals surface area contributed by atoms with Gasteiger partial charge in [-0.3, -0.25) is 9.69 Å². The third-order valence-corrected chi connectivity index (χ3v) is 5.68. The fourth-order valence-corrected chi connectivity index (χ4v) is 4.11. The molecule has 1 aliphatic rings. The lowest BCUT2D eigenvalue weighted by Gasteiger charge is -2.33. The molecular formula is C21H23N3O3S. The molecule has 3 heterocycles. The van der Waals surface area contributed by atoms with Crippen LogP contribution in [0.1, 0.15) is 28.1 Å². The second-order valence-corrected chi connectivity index (χ2v) is 7.58. The first kappa shape index (κ1) is 18.9. The van der Waals surface area contributed by atoms with E-state index in [1.807, 2.05) is 49.4 Å². The first-order valence-corrected chi connectivity index (χ1v) is 10.3. The van der Waals surface area contributed by atoms with Crippen molar-refractivity contribution >= 4 is 17.2 Å². The smallest absolute Gasteiger partial charge is 0.270 e. The van der Waals surface area contributed by atoms with E-state index in [2.05, 4.69) is 15.2 Å². The molecule has 146 valence electrons. The Morgan fingerprint density at radius 2 is 2.00 bits per heavy atom. The predicted octanol–water partition coefficient (Wildman–Crippen LogP) is 3.51. The van der Waals surface area contributed by atoms with Gasteiger partial charge in [0.05, 0.1) is 19.3 Å².